The van der Waals surface area contributed by atoms with Gasteiger partial charge in [-0.1, -0.05) is 13.8 Å². The Morgan fingerprint density at radius 2 is 1.88 bits per heavy atom. The Balaban J connectivity index is 1.79. The van der Waals surface area contributed by atoms with Gasteiger partial charge in [-0.2, -0.15) is 5.10 Å². The first-order valence-corrected chi connectivity index (χ1v) is 11.7. The zero-order valence-corrected chi connectivity index (χ0v) is 20.0. The highest BCUT2D eigenvalue weighted by Gasteiger charge is 2.34. The van der Waals surface area contributed by atoms with Crippen LogP contribution in [-0.4, -0.2) is 87.8 Å². The van der Waals surface area contributed by atoms with Gasteiger partial charge in [-0.05, 0) is 6.92 Å². The first kappa shape index (κ1) is 27.2. The van der Waals surface area contributed by atoms with E-state index in [1.54, 1.807) is 6.92 Å². The minimum atomic E-state index is -1.41. The number of aromatic amines is 1. The molecule has 1 aromatic heterocycles. The average molecular weight is 496 g/mol. The number of aliphatic hydroxyl groups excluding tert-OH is 2. The summed E-state index contributed by atoms with van der Waals surface area (Å²) in [6.07, 6.45) is -0.282. The maximum absolute atomic E-state index is 12.8. The Labute approximate surface area is 200 Å². The van der Waals surface area contributed by atoms with Crippen LogP contribution in [0, 0.1) is 5.41 Å². The number of nitrogens with one attached hydrogen (secondary N) is 4. The monoisotopic (exact) mass is 495 g/mol. The molecule has 1 aliphatic rings. The van der Waals surface area contributed by atoms with Gasteiger partial charge in [0.15, 0.2) is 0 Å². The normalized spacial score (nSPS) is 14.2. The van der Waals surface area contributed by atoms with Gasteiger partial charge in [0.1, 0.15) is 17.5 Å². The zero-order valence-electron chi connectivity index (χ0n) is 19.2. The van der Waals surface area contributed by atoms with Crippen molar-refractivity contribution in [3.63, 3.8) is 0 Å². The number of aliphatic hydroxyl groups is 2. The molecular formula is C21H29N5O7S. The summed E-state index contributed by atoms with van der Waals surface area (Å²) >= 11 is 1.07. The predicted molar refractivity (Wildman–Crippen MR) is 123 cm³/mol. The number of Topliss-reactive ketones (excluding diaryl/α,β-unsaturated/α-hetero) is 1. The van der Waals surface area contributed by atoms with E-state index in [9.17, 15) is 34.2 Å². The second kappa shape index (κ2) is 11.9. The summed E-state index contributed by atoms with van der Waals surface area (Å²) in [6.45, 7) is 4.96. The number of aromatic nitrogens is 2. The van der Waals surface area contributed by atoms with Crippen molar-refractivity contribution in [2.75, 3.05) is 32.0 Å². The molecule has 0 spiro atoms. The van der Waals surface area contributed by atoms with Crippen molar-refractivity contribution >= 4 is 41.0 Å². The molecule has 0 aliphatic heterocycles. The molecule has 1 atom stereocenters. The number of H-pyrrole nitrogens is 1. The van der Waals surface area contributed by atoms with Gasteiger partial charge in [-0.25, -0.2) is 0 Å². The lowest BCUT2D eigenvalue weighted by Crippen LogP contribution is -2.46. The quantitative estimate of drug-likeness (QED) is 0.201. The van der Waals surface area contributed by atoms with Crippen LogP contribution in [0.25, 0.3) is 0 Å². The van der Waals surface area contributed by atoms with E-state index in [1.165, 1.54) is 13.8 Å². The van der Waals surface area contributed by atoms with Crippen LogP contribution in [0.4, 0.5) is 0 Å². The third-order valence-electron chi connectivity index (χ3n) is 5.01. The van der Waals surface area contributed by atoms with Crippen molar-refractivity contribution in [2.45, 2.75) is 33.3 Å². The lowest BCUT2D eigenvalue weighted by molar-refractivity contribution is -0.137. The van der Waals surface area contributed by atoms with E-state index in [-0.39, 0.29) is 59.6 Å². The van der Waals surface area contributed by atoms with E-state index >= 15 is 0 Å². The Bertz CT molecular complexity index is 1000. The number of carbonyl (C=O) groups excluding carboxylic acids is 5. The number of hydrogen-bond donors (Lipinski definition) is 6. The summed E-state index contributed by atoms with van der Waals surface area (Å²) in [4.78, 5) is 61.2. The molecule has 1 aromatic rings. The molecular weight excluding hydrogens is 466 g/mol. The van der Waals surface area contributed by atoms with Gasteiger partial charge in [0.25, 0.3) is 5.91 Å². The summed E-state index contributed by atoms with van der Waals surface area (Å²) in [5, 5.41) is 33.0. The highest BCUT2D eigenvalue weighted by atomic mass is 32.2. The molecule has 0 saturated carbocycles. The number of thioether (sulfide) groups is 1. The number of nitrogens with zero attached hydrogens (tertiary/aromatic N) is 1. The van der Waals surface area contributed by atoms with Crippen LogP contribution in [0.15, 0.2) is 11.0 Å². The smallest absolute Gasteiger partial charge is 0.270 e. The average Bonchev–Trinajstić information content (AvgIpc) is 3.25. The Morgan fingerprint density at radius 3 is 2.53 bits per heavy atom. The summed E-state index contributed by atoms with van der Waals surface area (Å²) in [5.41, 5.74) is -1.23. The van der Waals surface area contributed by atoms with Gasteiger partial charge >= 0.3 is 0 Å². The number of carbonyl (C=O) groups is 5. The molecule has 6 N–H and O–H groups in total. The maximum Gasteiger partial charge on any atom is 0.270 e. The molecule has 1 heterocycles. The third kappa shape index (κ3) is 6.52. The minimum Gasteiger partial charge on any atom is -0.396 e. The van der Waals surface area contributed by atoms with Crippen molar-refractivity contribution in [1.29, 1.82) is 0 Å². The van der Waals surface area contributed by atoms with Crippen LogP contribution in [0.3, 0.4) is 0 Å². The molecule has 3 amide bonds. The SMILES string of the molecule is CCNC(=O)c1[nH]nc2c1C(=O)C(SCCNC(=O)CCNC(=O)C(O)C(C)(C)CO)=CC2=O. The van der Waals surface area contributed by atoms with Crippen LogP contribution in [0.5, 0.6) is 0 Å². The highest BCUT2D eigenvalue weighted by Crippen LogP contribution is 2.29. The van der Waals surface area contributed by atoms with Crippen LogP contribution >= 0.6 is 11.8 Å². The van der Waals surface area contributed by atoms with Gasteiger partial charge < -0.3 is 26.2 Å². The van der Waals surface area contributed by atoms with Gasteiger partial charge in [0.2, 0.25) is 23.4 Å². The number of ketones is 2. The largest absolute Gasteiger partial charge is 0.396 e. The molecule has 0 bridgehead atoms. The number of hydrogen-bond acceptors (Lipinski definition) is 9. The van der Waals surface area contributed by atoms with E-state index in [0.717, 1.165) is 17.8 Å². The first-order chi connectivity index (χ1) is 16.0. The minimum absolute atomic E-state index is 0.000383. The first-order valence-electron chi connectivity index (χ1n) is 10.7. The van der Waals surface area contributed by atoms with Crippen LogP contribution in [0.2, 0.25) is 0 Å². The van der Waals surface area contributed by atoms with Crippen LogP contribution < -0.4 is 16.0 Å². The summed E-state index contributed by atoms with van der Waals surface area (Å²) in [5.74, 6) is -2.26. The van der Waals surface area contributed by atoms with E-state index in [4.69, 9.17) is 0 Å². The van der Waals surface area contributed by atoms with Crippen molar-refractivity contribution in [3.8, 4) is 0 Å². The number of amides is 3. The second-order valence-electron chi connectivity index (χ2n) is 8.17. The molecule has 0 fully saturated rings. The van der Waals surface area contributed by atoms with Gasteiger partial charge in [0, 0.05) is 43.3 Å². The second-order valence-corrected chi connectivity index (χ2v) is 9.31. The number of rotatable bonds is 12. The Morgan fingerprint density at radius 1 is 1.18 bits per heavy atom. The summed E-state index contributed by atoms with van der Waals surface area (Å²) in [7, 11) is 0. The molecule has 1 unspecified atom stereocenters. The zero-order chi connectivity index (χ0) is 25.5. The third-order valence-corrected chi connectivity index (χ3v) is 6.03. The standard InChI is InChI=1S/C21H29N5O7S/c1-4-22-19(32)16-14-15(25-26-16)11(28)9-12(17(14)30)34-8-7-23-13(29)5-6-24-20(33)18(31)21(2,3)10-27/h9,18,27,31H,4-8,10H2,1-3H3,(H,22,32)(H,23,29)(H,24,33)(H,25,26). The van der Waals surface area contributed by atoms with E-state index in [1.807, 2.05) is 0 Å². The number of allylic oxidation sites excluding steroid dienone is 2. The van der Waals surface area contributed by atoms with Crippen molar-refractivity contribution in [3.05, 3.63) is 27.9 Å². The fraction of sp³-hybridized carbons (Fsp3) is 0.524. The molecule has 12 nitrogen and oxygen atoms in total. The molecule has 186 valence electrons. The molecule has 34 heavy (non-hydrogen) atoms. The molecule has 1 aliphatic carbocycles. The Kier molecular flexibility index (Phi) is 9.53. The summed E-state index contributed by atoms with van der Waals surface area (Å²) < 4.78 is 0. The summed E-state index contributed by atoms with van der Waals surface area (Å²) in [6, 6.07) is 0. The van der Waals surface area contributed by atoms with Gasteiger partial charge in [-0.3, -0.25) is 29.1 Å². The van der Waals surface area contributed by atoms with Crippen molar-refractivity contribution < 1.29 is 34.2 Å². The van der Waals surface area contributed by atoms with Crippen molar-refractivity contribution in [1.82, 2.24) is 26.1 Å². The molecule has 0 radical (unpaired) electrons. The number of fused-ring (bicyclic) bond motifs is 1. The Hall–Kier alpha value is -3.03. The van der Waals surface area contributed by atoms with Gasteiger partial charge in [0.05, 0.1) is 17.1 Å². The van der Waals surface area contributed by atoms with Crippen molar-refractivity contribution in [2.24, 2.45) is 5.41 Å². The highest BCUT2D eigenvalue weighted by molar-refractivity contribution is 8.04. The van der Waals surface area contributed by atoms with Crippen LogP contribution in [-0.2, 0) is 9.59 Å². The fourth-order valence-electron chi connectivity index (χ4n) is 2.92. The van der Waals surface area contributed by atoms with E-state index in [0.29, 0.717) is 6.54 Å². The predicted octanol–water partition coefficient (Wildman–Crippen LogP) is -0.843. The molecule has 2 rings (SSSR count). The van der Waals surface area contributed by atoms with E-state index < -0.39 is 34.9 Å². The lowest BCUT2D eigenvalue weighted by Gasteiger charge is -2.27. The molecule has 0 saturated heterocycles. The van der Waals surface area contributed by atoms with Gasteiger partial charge in [-0.15, -0.1) is 11.8 Å². The van der Waals surface area contributed by atoms with Crippen LogP contribution in [0.1, 0.15) is 58.5 Å². The fourth-order valence-corrected chi connectivity index (χ4v) is 3.76. The lowest BCUT2D eigenvalue weighted by atomic mass is 9.87. The maximum atomic E-state index is 12.8. The van der Waals surface area contributed by atoms with E-state index in [2.05, 4.69) is 26.1 Å². The topological polar surface area (TPSA) is 191 Å². The molecule has 0 aromatic carbocycles. The molecule has 13 heteroatoms.